The molecule has 1 amide bonds. The maximum Gasteiger partial charge on any atom is 0.404 e. The van der Waals surface area contributed by atoms with E-state index in [-0.39, 0.29) is 35.1 Å². The molecule has 1 heterocycles. The van der Waals surface area contributed by atoms with E-state index in [1.54, 1.807) is 18.4 Å². The van der Waals surface area contributed by atoms with Gasteiger partial charge in [-0.2, -0.15) is 0 Å². The molecule has 118 valence electrons. The number of hydrogen-bond donors (Lipinski definition) is 1. The van der Waals surface area contributed by atoms with Crippen LogP contribution in [0.5, 0.6) is 0 Å². The highest BCUT2D eigenvalue weighted by molar-refractivity contribution is 6.26. The first-order valence-electron chi connectivity index (χ1n) is 6.83. The smallest absolute Gasteiger partial charge is 0.404 e. The molecule has 1 aliphatic rings. The number of nitrogens with zero attached hydrogens (tertiary/aromatic N) is 1. The summed E-state index contributed by atoms with van der Waals surface area (Å²) in [5, 5.41) is 0. The first-order valence-corrected chi connectivity index (χ1v) is 6.83. The van der Waals surface area contributed by atoms with Gasteiger partial charge in [-0.1, -0.05) is 0 Å². The molecule has 0 saturated carbocycles. The third-order valence-corrected chi connectivity index (χ3v) is 3.86. The van der Waals surface area contributed by atoms with Crippen LogP contribution in [0.25, 0.3) is 0 Å². The molecule has 7 heteroatoms. The third-order valence-electron chi connectivity index (χ3n) is 3.86. The van der Waals surface area contributed by atoms with Crippen molar-refractivity contribution in [2.75, 3.05) is 7.11 Å². The molecule has 7 nitrogen and oxygen atoms in total. The lowest BCUT2D eigenvalue weighted by Crippen LogP contribution is -2.24. The number of Topliss-reactive ketones (excluding diaryl/α,β-unsaturated/α-hetero) is 2. The van der Waals surface area contributed by atoms with Crippen LogP contribution in [0, 0.1) is 6.92 Å². The third kappa shape index (κ3) is 2.18. The Bertz CT molecular complexity index is 712. The Morgan fingerprint density at radius 3 is 2.36 bits per heavy atom. The fourth-order valence-electron chi connectivity index (χ4n) is 2.80. The highest BCUT2D eigenvalue weighted by atomic mass is 16.5. The van der Waals surface area contributed by atoms with Crippen molar-refractivity contribution in [2.24, 2.45) is 5.73 Å². The lowest BCUT2D eigenvalue weighted by Gasteiger charge is -2.17. The van der Waals surface area contributed by atoms with Gasteiger partial charge in [-0.05, 0) is 20.8 Å². The summed E-state index contributed by atoms with van der Waals surface area (Å²) in [6.45, 7) is 5.55. The van der Waals surface area contributed by atoms with Gasteiger partial charge in [0.2, 0.25) is 11.6 Å². The van der Waals surface area contributed by atoms with Crippen LogP contribution in [0.3, 0.4) is 0 Å². The monoisotopic (exact) mass is 306 g/mol. The summed E-state index contributed by atoms with van der Waals surface area (Å²) in [5.41, 5.74) is 6.98. The number of carbonyl (C=O) groups is 3. The fourth-order valence-corrected chi connectivity index (χ4v) is 2.80. The molecule has 0 bridgehead atoms. The van der Waals surface area contributed by atoms with Crippen LogP contribution >= 0.6 is 0 Å². The van der Waals surface area contributed by atoms with Gasteiger partial charge >= 0.3 is 6.09 Å². The molecule has 1 aliphatic carbocycles. The summed E-state index contributed by atoms with van der Waals surface area (Å²) in [4.78, 5) is 36.1. The molecule has 0 spiro atoms. The van der Waals surface area contributed by atoms with Gasteiger partial charge in [-0.3, -0.25) is 9.59 Å². The molecule has 2 rings (SSSR count). The summed E-state index contributed by atoms with van der Waals surface area (Å²) in [6, 6.07) is 0. The number of carbonyl (C=O) groups excluding carboxylic acids is 3. The number of ketones is 2. The van der Waals surface area contributed by atoms with Crippen molar-refractivity contribution in [3.63, 3.8) is 0 Å². The minimum absolute atomic E-state index is 0.0195. The normalized spacial score (nSPS) is 14.2. The van der Waals surface area contributed by atoms with Gasteiger partial charge in [-0.25, -0.2) is 4.79 Å². The van der Waals surface area contributed by atoms with Gasteiger partial charge in [0.25, 0.3) is 0 Å². The summed E-state index contributed by atoms with van der Waals surface area (Å²) in [5.74, 6) is -0.624. The minimum atomic E-state index is -0.939. The molecule has 0 unspecified atom stereocenters. The lowest BCUT2D eigenvalue weighted by atomic mass is 9.91. The number of hydrogen-bond acceptors (Lipinski definition) is 5. The zero-order valence-electron chi connectivity index (χ0n) is 13.0. The molecule has 2 N–H and O–H groups in total. The number of methoxy groups -OCH3 is 1. The maximum absolute atomic E-state index is 12.6. The Morgan fingerprint density at radius 1 is 1.23 bits per heavy atom. The van der Waals surface area contributed by atoms with Gasteiger partial charge in [0.15, 0.2) is 5.76 Å². The number of fused-ring (bicyclic) bond motifs is 1. The number of aromatic nitrogens is 1. The van der Waals surface area contributed by atoms with Crippen LogP contribution in [0.2, 0.25) is 0 Å². The maximum atomic E-state index is 12.6. The number of primary amides is 1. The molecule has 1 aromatic heterocycles. The van der Waals surface area contributed by atoms with Crippen molar-refractivity contribution in [1.82, 2.24) is 4.57 Å². The van der Waals surface area contributed by atoms with E-state index in [9.17, 15) is 14.4 Å². The lowest BCUT2D eigenvalue weighted by molar-refractivity contribution is 0.0899. The molecule has 0 aromatic carbocycles. The van der Waals surface area contributed by atoms with Crippen LogP contribution in [0.4, 0.5) is 4.79 Å². The van der Waals surface area contributed by atoms with Gasteiger partial charge < -0.3 is 19.8 Å². The second-order valence-corrected chi connectivity index (χ2v) is 4.96. The van der Waals surface area contributed by atoms with Crippen molar-refractivity contribution in [3.05, 3.63) is 33.8 Å². The first-order chi connectivity index (χ1) is 10.3. The van der Waals surface area contributed by atoms with Crippen molar-refractivity contribution in [1.29, 1.82) is 0 Å². The minimum Gasteiger partial charge on any atom is -0.492 e. The highest BCUT2D eigenvalue weighted by Gasteiger charge is 2.37. The summed E-state index contributed by atoms with van der Waals surface area (Å²) < 4.78 is 11.6. The van der Waals surface area contributed by atoms with Gasteiger partial charge in [0.05, 0.1) is 12.7 Å². The van der Waals surface area contributed by atoms with Gasteiger partial charge in [0.1, 0.15) is 12.3 Å². The van der Waals surface area contributed by atoms with Crippen LogP contribution in [-0.2, 0) is 22.6 Å². The van der Waals surface area contributed by atoms with Crippen molar-refractivity contribution >= 4 is 17.7 Å². The Balaban J connectivity index is 2.69. The second-order valence-electron chi connectivity index (χ2n) is 4.96. The number of amides is 1. The van der Waals surface area contributed by atoms with Crippen LogP contribution < -0.4 is 5.73 Å². The average Bonchev–Trinajstić information content (AvgIpc) is 2.75. The predicted molar refractivity (Wildman–Crippen MR) is 77.6 cm³/mol. The molecular weight excluding hydrogens is 288 g/mol. The van der Waals surface area contributed by atoms with Crippen molar-refractivity contribution in [2.45, 2.75) is 33.9 Å². The summed E-state index contributed by atoms with van der Waals surface area (Å²) in [7, 11) is 1.35. The Hall–Kier alpha value is -2.57. The van der Waals surface area contributed by atoms with E-state index < -0.39 is 6.09 Å². The highest BCUT2D eigenvalue weighted by Crippen LogP contribution is 2.33. The topological polar surface area (TPSA) is 101 Å². The second kappa shape index (κ2) is 5.67. The Labute approximate surface area is 127 Å². The number of nitrogens with two attached hydrogens (primary N) is 1. The van der Waals surface area contributed by atoms with Crippen LogP contribution in [0.15, 0.2) is 11.3 Å². The number of allylic oxidation sites excluding steroid dienone is 2. The van der Waals surface area contributed by atoms with E-state index in [0.29, 0.717) is 23.5 Å². The van der Waals surface area contributed by atoms with E-state index in [1.807, 2.05) is 6.92 Å². The number of ether oxygens (including phenoxy) is 2. The molecule has 22 heavy (non-hydrogen) atoms. The van der Waals surface area contributed by atoms with E-state index in [0.717, 1.165) is 0 Å². The van der Waals surface area contributed by atoms with Crippen molar-refractivity contribution in [3.8, 4) is 0 Å². The summed E-state index contributed by atoms with van der Waals surface area (Å²) in [6.07, 6.45) is -0.939. The molecule has 0 radical (unpaired) electrons. The van der Waals surface area contributed by atoms with E-state index in [2.05, 4.69) is 0 Å². The number of rotatable bonds is 4. The molecule has 1 aromatic rings. The molecule has 0 saturated heterocycles. The van der Waals surface area contributed by atoms with Crippen molar-refractivity contribution < 1.29 is 23.9 Å². The van der Waals surface area contributed by atoms with Crippen LogP contribution in [-0.4, -0.2) is 29.3 Å². The van der Waals surface area contributed by atoms with Crippen LogP contribution in [0.1, 0.15) is 46.0 Å². The zero-order valence-corrected chi connectivity index (χ0v) is 13.0. The average molecular weight is 306 g/mol. The van der Waals surface area contributed by atoms with E-state index in [4.69, 9.17) is 15.2 Å². The molecule has 0 fully saturated rings. The van der Waals surface area contributed by atoms with Gasteiger partial charge in [0, 0.05) is 23.4 Å². The van der Waals surface area contributed by atoms with E-state index >= 15 is 0 Å². The molecule has 0 atom stereocenters. The standard InChI is InChI=1S/C15H18N2O5/c1-5-17-8(3)9(6-22-15(16)20)10-11(17)12(18)7(2)14(21-4)13(10)19/h5-6H2,1-4H3,(H2,16,20). The summed E-state index contributed by atoms with van der Waals surface area (Å²) >= 11 is 0. The predicted octanol–water partition coefficient (Wildman–Crippen LogP) is 1.71. The first kappa shape index (κ1) is 15.8. The van der Waals surface area contributed by atoms with Gasteiger partial charge in [-0.15, -0.1) is 0 Å². The largest absolute Gasteiger partial charge is 0.492 e. The quantitative estimate of drug-likeness (QED) is 0.912. The Morgan fingerprint density at radius 2 is 1.86 bits per heavy atom. The SMILES string of the molecule is CCn1c(C)c(COC(N)=O)c2c1C(=O)C(C)=C(OC)C2=O. The zero-order chi connectivity index (χ0) is 16.6. The van der Waals surface area contributed by atoms with E-state index in [1.165, 1.54) is 7.11 Å². The molecule has 0 aliphatic heterocycles. The Kier molecular flexibility index (Phi) is 4.07. The fraction of sp³-hybridized carbons (Fsp3) is 0.400. The molecular formula is C15H18N2O5.